The van der Waals surface area contributed by atoms with Crippen molar-refractivity contribution in [1.82, 2.24) is 15.3 Å². The summed E-state index contributed by atoms with van der Waals surface area (Å²) in [5.41, 5.74) is 6.17. The first-order valence-corrected chi connectivity index (χ1v) is 7.76. The second kappa shape index (κ2) is 5.94. The van der Waals surface area contributed by atoms with Gasteiger partial charge in [-0.1, -0.05) is 12.1 Å². The van der Waals surface area contributed by atoms with Crippen molar-refractivity contribution < 1.29 is 0 Å². The molecule has 0 saturated carbocycles. The quantitative estimate of drug-likeness (QED) is 0.936. The minimum atomic E-state index is 0.284. The molecule has 21 heavy (non-hydrogen) atoms. The number of likely N-dealkylation sites (N-methyl/N-ethyl adjacent to an activating group) is 1. The average molecular weight is 281 g/mol. The highest BCUT2D eigenvalue weighted by Gasteiger charge is 2.30. The summed E-state index contributed by atoms with van der Waals surface area (Å²) in [6, 6.07) is 8.88. The predicted molar refractivity (Wildman–Crippen MR) is 85.4 cm³/mol. The fourth-order valence-corrected chi connectivity index (χ4v) is 3.57. The largest absolute Gasteiger partial charge is 0.312 e. The van der Waals surface area contributed by atoms with Gasteiger partial charge in [-0.3, -0.25) is 9.97 Å². The first-order chi connectivity index (χ1) is 10.2. The smallest absolute Gasteiger partial charge is 0.0485 e. The molecule has 3 heteroatoms. The Bertz CT molecular complexity index is 636. The molecule has 0 amide bonds. The molecule has 2 atom stereocenters. The Morgan fingerprint density at radius 2 is 2.10 bits per heavy atom. The van der Waals surface area contributed by atoms with Gasteiger partial charge in [-0.2, -0.15) is 0 Å². The lowest BCUT2D eigenvalue weighted by Gasteiger charge is -2.32. The van der Waals surface area contributed by atoms with Crippen molar-refractivity contribution in [3.63, 3.8) is 0 Å². The van der Waals surface area contributed by atoms with E-state index in [-0.39, 0.29) is 6.04 Å². The SMILES string of the molecule is CNC(c1ccc(C)nc1C)C1CCCc2cccnc21. The summed E-state index contributed by atoms with van der Waals surface area (Å²) < 4.78 is 0. The van der Waals surface area contributed by atoms with Crippen LogP contribution >= 0.6 is 0 Å². The summed E-state index contributed by atoms with van der Waals surface area (Å²) >= 11 is 0. The third kappa shape index (κ3) is 2.70. The lowest BCUT2D eigenvalue weighted by Crippen LogP contribution is -2.28. The minimum Gasteiger partial charge on any atom is -0.312 e. The summed E-state index contributed by atoms with van der Waals surface area (Å²) in [6.07, 6.45) is 5.49. The average Bonchev–Trinajstić information content (AvgIpc) is 2.50. The summed E-state index contributed by atoms with van der Waals surface area (Å²) in [5, 5.41) is 3.51. The number of nitrogens with zero attached hydrogens (tertiary/aromatic N) is 2. The van der Waals surface area contributed by atoms with Crippen molar-refractivity contribution in [2.45, 2.75) is 45.1 Å². The van der Waals surface area contributed by atoms with Crippen molar-refractivity contribution in [1.29, 1.82) is 0 Å². The maximum absolute atomic E-state index is 4.68. The first-order valence-electron chi connectivity index (χ1n) is 7.76. The molecule has 2 heterocycles. The van der Waals surface area contributed by atoms with E-state index in [1.165, 1.54) is 29.7 Å². The van der Waals surface area contributed by atoms with Gasteiger partial charge in [-0.15, -0.1) is 0 Å². The van der Waals surface area contributed by atoms with Gasteiger partial charge in [-0.05, 0) is 63.4 Å². The standard InChI is InChI=1S/C18H23N3/c1-12-9-10-15(13(2)21-12)18(19-3)16-8-4-6-14-7-5-11-20-17(14)16/h5,7,9-11,16,18-19H,4,6,8H2,1-3H3. The Morgan fingerprint density at radius 1 is 1.24 bits per heavy atom. The zero-order valence-electron chi connectivity index (χ0n) is 13.1. The molecule has 0 aromatic carbocycles. The van der Waals surface area contributed by atoms with Crippen molar-refractivity contribution in [3.8, 4) is 0 Å². The van der Waals surface area contributed by atoms with Crippen LogP contribution in [-0.4, -0.2) is 17.0 Å². The number of pyridine rings is 2. The van der Waals surface area contributed by atoms with Crippen LogP contribution in [0.4, 0.5) is 0 Å². The van der Waals surface area contributed by atoms with Crippen LogP contribution in [0.5, 0.6) is 0 Å². The maximum atomic E-state index is 4.68. The molecule has 3 rings (SSSR count). The molecule has 0 spiro atoms. The van der Waals surface area contributed by atoms with Crippen molar-refractivity contribution in [3.05, 3.63) is 58.7 Å². The van der Waals surface area contributed by atoms with E-state index >= 15 is 0 Å². The summed E-state index contributed by atoms with van der Waals surface area (Å²) in [7, 11) is 2.04. The zero-order chi connectivity index (χ0) is 14.8. The second-order valence-corrected chi connectivity index (χ2v) is 5.94. The Kier molecular flexibility index (Phi) is 4.02. The fraction of sp³-hybridized carbons (Fsp3) is 0.444. The van der Waals surface area contributed by atoms with E-state index < -0.39 is 0 Å². The molecule has 1 N–H and O–H groups in total. The van der Waals surface area contributed by atoms with Gasteiger partial charge in [0.05, 0.1) is 0 Å². The van der Waals surface area contributed by atoms with E-state index in [1.807, 2.05) is 26.2 Å². The van der Waals surface area contributed by atoms with Gasteiger partial charge in [0, 0.05) is 35.2 Å². The van der Waals surface area contributed by atoms with Crippen LogP contribution in [-0.2, 0) is 6.42 Å². The number of hydrogen-bond acceptors (Lipinski definition) is 3. The molecule has 3 nitrogen and oxygen atoms in total. The molecule has 0 saturated heterocycles. The van der Waals surface area contributed by atoms with Gasteiger partial charge < -0.3 is 5.32 Å². The second-order valence-electron chi connectivity index (χ2n) is 5.94. The summed E-state index contributed by atoms with van der Waals surface area (Å²) in [5.74, 6) is 0.433. The van der Waals surface area contributed by atoms with Crippen molar-refractivity contribution in [2.24, 2.45) is 0 Å². The fourth-order valence-electron chi connectivity index (χ4n) is 3.57. The van der Waals surface area contributed by atoms with Gasteiger partial charge in [-0.25, -0.2) is 0 Å². The van der Waals surface area contributed by atoms with E-state index in [0.29, 0.717) is 5.92 Å². The highest BCUT2D eigenvalue weighted by atomic mass is 14.9. The van der Waals surface area contributed by atoms with Crippen LogP contribution in [0, 0.1) is 13.8 Å². The van der Waals surface area contributed by atoms with Crippen molar-refractivity contribution in [2.75, 3.05) is 7.05 Å². The summed E-state index contributed by atoms with van der Waals surface area (Å²) in [6.45, 7) is 4.15. The molecular formula is C18H23N3. The molecule has 0 aliphatic heterocycles. The van der Waals surface area contributed by atoms with Gasteiger partial charge in [0.15, 0.2) is 0 Å². The van der Waals surface area contributed by atoms with Crippen LogP contribution in [0.15, 0.2) is 30.5 Å². The Hall–Kier alpha value is -1.74. The summed E-state index contributed by atoms with van der Waals surface area (Å²) in [4.78, 5) is 9.31. The Morgan fingerprint density at radius 3 is 2.86 bits per heavy atom. The van der Waals surface area contributed by atoms with E-state index in [4.69, 9.17) is 0 Å². The van der Waals surface area contributed by atoms with E-state index in [1.54, 1.807) is 0 Å². The first kappa shape index (κ1) is 14.2. The number of rotatable bonds is 3. The van der Waals surface area contributed by atoms with Crippen LogP contribution in [0.1, 0.15) is 53.0 Å². The van der Waals surface area contributed by atoms with Gasteiger partial charge in [0.2, 0.25) is 0 Å². The normalized spacial score (nSPS) is 19.1. The Balaban J connectivity index is 2.01. The van der Waals surface area contributed by atoms with E-state index in [2.05, 4.69) is 40.4 Å². The van der Waals surface area contributed by atoms with Crippen LogP contribution in [0.3, 0.4) is 0 Å². The maximum Gasteiger partial charge on any atom is 0.0485 e. The van der Waals surface area contributed by atoms with Crippen molar-refractivity contribution >= 4 is 0 Å². The molecule has 2 unspecified atom stereocenters. The number of hydrogen-bond donors (Lipinski definition) is 1. The third-order valence-electron chi connectivity index (χ3n) is 4.55. The minimum absolute atomic E-state index is 0.284. The number of fused-ring (bicyclic) bond motifs is 1. The predicted octanol–water partition coefficient (Wildman–Crippen LogP) is 3.47. The monoisotopic (exact) mass is 281 g/mol. The molecule has 1 aliphatic carbocycles. The van der Waals surface area contributed by atoms with Crippen LogP contribution < -0.4 is 5.32 Å². The molecule has 2 aromatic rings. The Labute approximate surface area is 126 Å². The number of nitrogens with one attached hydrogen (secondary N) is 1. The third-order valence-corrected chi connectivity index (χ3v) is 4.55. The highest BCUT2D eigenvalue weighted by Crippen LogP contribution is 2.39. The molecule has 0 fully saturated rings. The molecule has 1 aliphatic rings. The van der Waals surface area contributed by atoms with E-state index in [9.17, 15) is 0 Å². The molecule has 110 valence electrons. The molecule has 0 radical (unpaired) electrons. The zero-order valence-corrected chi connectivity index (χ0v) is 13.1. The number of aromatic nitrogens is 2. The molecular weight excluding hydrogens is 258 g/mol. The molecule has 0 bridgehead atoms. The van der Waals surface area contributed by atoms with E-state index in [0.717, 1.165) is 17.8 Å². The lowest BCUT2D eigenvalue weighted by molar-refractivity contribution is 0.413. The molecule has 2 aromatic heterocycles. The van der Waals surface area contributed by atoms with Gasteiger partial charge in [0.1, 0.15) is 0 Å². The lowest BCUT2D eigenvalue weighted by atomic mass is 9.79. The van der Waals surface area contributed by atoms with Crippen LogP contribution in [0.2, 0.25) is 0 Å². The van der Waals surface area contributed by atoms with Gasteiger partial charge >= 0.3 is 0 Å². The topological polar surface area (TPSA) is 37.8 Å². The number of aryl methyl sites for hydroxylation is 3. The van der Waals surface area contributed by atoms with Gasteiger partial charge in [0.25, 0.3) is 0 Å². The highest BCUT2D eigenvalue weighted by molar-refractivity contribution is 5.33. The van der Waals surface area contributed by atoms with Crippen LogP contribution in [0.25, 0.3) is 0 Å².